The lowest BCUT2D eigenvalue weighted by molar-refractivity contribution is 0.200. The highest BCUT2D eigenvalue weighted by atomic mass is 16.5. The lowest BCUT2D eigenvalue weighted by atomic mass is 10.1. The third-order valence-corrected chi connectivity index (χ3v) is 4.52. The molecule has 1 aliphatic rings. The highest BCUT2D eigenvalue weighted by Crippen LogP contribution is 2.31. The van der Waals surface area contributed by atoms with Gasteiger partial charge in [-0.15, -0.1) is 0 Å². The second-order valence-corrected chi connectivity index (χ2v) is 6.99. The average Bonchev–Trinajstić information content (AvgIpc) is 3.08. The number of nitrogens with zero attached hydrogens (tertiary/aromatic N) is 4. The molecule has 1 N–H and O–H groups in total. The molecule has 0 unspecified atom stereocenters. The van der Waals surface area contributed by atoms with E-state index in [4.69, 9.17) is 14.8 Å². The molecule has 6 nitrogen and oxygen atoms in total. The summed E-state index contributed by atoms with van der Waals surface area (Å²) in [5, 5.41) is 8.91. The van der Waals surface area contributed by atoms with Gasteiger partial charge in [-0.05, 0) is 57.2 Å². The van der Waals surface area contributed by atoms with Gasteiger partial charge in [-0.2, -0.15) is 0 Å². The van der Waals surface area contributed by atoms with Gasteiger partial charge in [-0.3, -0.25) is 4.90 Å². The number of likely N-dealkylation sites (tertiary alicyclic amines) is 1. The van der Waals surface area contributed by atoms with E-state index in [2.05, 4.69) is 34.9 Å². The third kappa shape index (κ3) is 5.00. The number of hydrogen-bond acceptors (Lipinski definition) is 6. The average molecular weight is 356 g/mol. The largest absolute Gasteiger partial charge is 0.491 e. The van der Waals surface area contributed by atoms with E-state index in [9.17, 15) is 0 Å². The van der Waals surface area contributed by atoms with E-state index in [0.29, 0.717) is 6.61 Å². The van der Waals surface area contributed by atoms with Crippen LogP contribution in [0.4, 0.5) is 0 Å². The van der Waals surface area contributed by atoms with Crippen LogP contribution in [-0.4, -0.2) is 58.7 Å². The molecule has 1 aromatic carbocycles. The summed E-state index contributed by atoms with van der Waals surface area (Å²) in [4.78, 5) is 13.9. The monoisotopic (exact) mass is 356 g/mol. The van der Waals surface area contributed by atoms with Crippen LogP contribution >= 0.6 is 0 Å². The first-order chi connectivity index (χ1) is 12.7. The molecule has 3 rings (SSSR count). The van der Waals surface area contributed by atoms with Gasteiger partial charge in [0.1, 0.15) is 18.2 Å². The van der Waals surface area contributed by atoms with Crippen molar-refractivity contribution in [3.8, 4) is 5.75 Å². The lowest BCUT2D eigenvalue weighted by Gasteiger charge is -2.24. The zero-order valence-electron chi connectivity index (χ0n) is 15.6. The molecule has 2 heterocycles. The summed E-state index contributed by atoms with van der Waals surface area (Å²) in [6.45, 7) is 3.07. The summed E-state index contributed by atoms with van der Waals surface area (Å²) in [6.07, 6.45) is 4.12. The van der Waals surface area contributed by atoms with Crippen molar-refractivity contribution < 1.29 is 9.84 Å². The minimum Gasteiger partial charge on any atom is -0.491 e. The van der Waals surface area contributed by atoms with Crippen molar-refractivity contribution in [1.82, 2.24) is 19.8 Å². The van der Waals surface area contributed by atoms with Gasteiger partial charge in [0, 0.05) is 19.3 Å². The molecule has 1 aliphatic heterocycles. The minimum absolute atomic E-state index is 0.0268. The quantitative estimate of drug-likeness (QED) is 0.783. The molecule has 0 radical (unpaired) electrons. The van der Waals surface area contributed by atoms with Crippen molar-refractivity contribution in [3.63, 3.8) is 0 Å². The Morgan fingerprint density at radius 1 is 1.31 bits per heavy atom. The van der Waals surface area contributed by atoms with Gasteiger partial charge in [0.25, 0.3) is 0 Å². The second kappa shape index (κ2) is 9.07. The topological polar surface area (TPSA) is 61.7 Å². The van der Waals surface area contributed by atoms with E-state index in [1.54, 1.807) is 0 Å². The fourth-order valence-electron chi connectivity index (χ4n) is 3.42. The minimum atomic E-state index is 0.0268. The Balaban J connectivity index is 1.70. The Morgan fingerprint density at radius 3 is 3.00 bits per heavy atom. The van der Waals surface area contributed by atoms with Gasteiger partial charge in [0.05, 0.1) is 18.3 Å². The van der Waals surface area contributed by atoms with E-state index >= 15 is 0 Å². The maximum atomic E-state index is 8.91. The SMILES string of the molecule is CN(C)Cc1ccnc([C@@H]2CCCN2Cc2cccc(OCCO)c2)n1. The van der Waals surface area contributed by atoms with Gasteiger partial charge >= 0.3 is 0 Å². The van der Waals surface area contributed by atoms with Gasteiger partial charge < -0.3 is 14.7 Å². The molecule has 1 saturated heterocycles. The Kier molecular flexibility index (Phi) is 6.55. The summed E-state index contributed by atoms with van der Waals surface area (Å²) in [6, 6.07) is 10.3. The van der Waals surface area contributed by atoms with Crippen LogP contribution in [0.5, 0.6) is 5.75 Å². The zero-order valence-corrected chi connectivity index (χ0v) is 15.6. The maximum absolute atomic E-state index is 8.91. The molecular formula is C20H28N4O2. The Morgan fingerprint density at radius 2 is 2.19 bits per heavy atom. The molecule has 1 aromatic heterocycles. The molecule has 140 valence electrons. The number of benzene rings is 1. The van der Waals surface area contributed by atoms with Crippen LogP contribution in [-0.2, 0) is 13.1 Å². The molecule has 6 heteroatoms. The zero-order chi connectivity index (χ0) is 18.4. The van der Waals surface area contributed by atoms with Crippen molar-refractivity contribution >= 4 is 0 Å². The van der Waals surface area contributed by atoms with Gasteiger partial charge in [0.15, 0.2) is 0 Å². The number of rotatable bonds is 8. The van der Waals surface area contributed by atoms with E-state index in [0.717, 1.165) is 49.7 Å². The summed E-state index contributed by atoms with van der Waals surface area (Å²) in [5.41, 5.74) is 2.27. The third-order valence-electron chi connectivity index (χ3n) is 4.52. The molecular weight excluding hydrogens is 328 g/mol. The number of hydrogen-bond donors (Lipinski definition) is 1. The van der Waals surface area contributed by atoms with Crippen LogP contribution in [0.2, 0.25) is 0 Å². The van der Waals surface area contributed by atoms with E-state index in [1.165, 1.54) is 5.56 Å². The Hall–Kier alpha value is -2.02. The molecule has 1 atom stereocenters. The second-order valence-electron chi connectivity index (χ2n) is 6.99. The Labute approximate surface area is 155 Å². The van der Waals surface area contributed by atoms with Crippen molar-refractivity contribution in [2.24, 2.45) is 0 Å². The van der Waals surface area contributed by atoms with Crippen LogP contribution in [0.3, 0.4) is 0 Å². The van der Waals surface area contributed by atoms with Crippen molar-refractivity contribution in [3.05, 3.63) is 53.6 Å². The van der Waals surface area contributed by atoms with Crippen molar-refractivity contribution in [2.45, 2.75) is 32.0 Å². The molecule has 0 bridgehead atoms. The van der Waals surface area contributed by atoms with E-state index < -0.39 is 0 Å². The first-order valence-electron chi connectivity index (χ1n) is 9.19. The smallest absolute Gasteiger partial charge is 0.145 e. The standard InChI is InChI=1S/C20H28N4O2/c1-23(2)15-17-8-9-21-20(22-17)19-7-4-10-24(19)14-16-5-3-6-18(13-16)26-12-11-25/h3,5-6,8-9,13,19,25H,4,7,10-12,14-15H2,1-2H3/t19-/m0/s1. The van der Waals surface area contributed by atoms with Crippen molar-refractivity contribution in [2.75, 3.05) is 33.9 Å². The highest BCUT2D eigenvalue weighted by molar-refractivity contribution is 5.28. The summed E-state index contributed by atoms with van der Waals surface area (Å²) >= 11 is 0. The molecule has 0 aliphatic carbocycles. The summed E-state index contributed by atoms with van der Waals surface area (Å²) < 4.78 is 5.53. The highest BCUT2D eigenvalue weighted by Gasteiger charge is 2.28. The fourth-order valence-corrected chi connectivity index (χ4v) is 3.42. The van der Waals surface area contributed by atoms with Crippen LogP contribution in [0.25, 0.3) is 0 Å². The number of aliphatic hydroxyl groups excluding tert-OH is 1. The fraction of sp³-hybridized carbons (Fsp3) is 0.500. The predicted molar refractivity (Wildman–Crippen MR) is 101 cm³/mol. The first-order valence-corrected chi connectivity index (χ1v) is 9.19. The molecule has 0 amide bonds. The van der Waals surface area contributed by atoms with Crippen LogP contribution in [0.15, 0.2) is 36.5 Å². The summed E-state index contributed by atoms with van der Waals surface area (Å²) in [7, 11) is 4.10. The lowest BCUT2D eigenvalue weighted by Crippen LogP contribution is -2.25. The normalized spacial score (nSPS) is 17.8. The summed E-state index contributed by atoms with van der Waals surface area (Å²) in [5.74, 6) is 1.73. The molecule has 0 spiro atoms. The molecule has 1 fully saturated rings. The number of aliphatic hydroxyl groups is 1. The molecule has 2 aromatic rings. The number of aromatic nitrogens is 2. The van der Waals surface area contributed by atoms with Crippen LogP contribution in [0.1, 0.15) is 36.0 Å². The van der Waals surface area contributed by atoms with Crippen molar-refractivity contribution in [1.29, 1.82) is 0 Å². The van der Waals surface area contributed by atoms with Crippen LogP contribution < -0.4 is 4.74 Å². The van der Waals surface area contributed by atoms with Gasteiger partial charge in [0.2, 0.25) is 0 Å². The van der Waals surface area contributed by atoms with E-state index in [1.807, 2.05) is 30.5 Å². The first kappa shape index (κ1) is 18.8. The van der Waals surface area contributed by atoms with E-state index in [-0.39, 0.29) is 12.6 Å². The molecule has 26 heavy (non-hydrogen) atoms. The number of ether oxygens (including phenoxy) is 1. The predicted octanol–water partition coefficient (Wildman–Crippen LogP) is 2.25. The van der Waals surface area contributed by atoms with Crippen LogP contribution in [0, 0.1) is 0 Å². The van der Waals surface area contributed by atoms with Gasteiger partial charge in [-0.25, -0.2) is 9.97 Å². The molecule has 0 saturated carbocycles. The van der Waals surface area contributed by atoms with Gasteiger partial charge in [-0.1, -0.05) is 12.1 Å². The maximum Gasteiger partial charge on any atom is 0.145 e. The Bertz CT molecular complexity index is 708.